The predicted octanol–water partition coefficient (Wildman–Crippen LogP) is 4.63. The lowest BCUT2D eigenvalue weighted by molar-refractivity contribution is -0.124. The number of amides is 1. The van der Waals surface area contributed by atoms with Gasteiger partial charge < -0.3 is 15.0 Å². The van der Waals surface area contributed by atoms with Crippen LogP contribution in [-0.4, -0.2) is 43.1 Å². The number of hydrogen-bond acceptors (Lipinski definition) is 3. The van der Waals surface area contributed by atoms with Crippen LogP contribution in [0.5, 0.6) is 5.75 Å². The maximum absolute atomic E-state index is 12.3. The Hall–Kier alpha value is -2.04. The fraction of sp³-hybridized carbons (Fsp3) is 0.458. The number of ether oxygens (including phenoxy) is 1. The minimum absolute atomic E-state index is 0.0129. The van der Waals surface area contributed by atoms with Gasteiger partial charge in [0.15, 0.2) is 6.61 Å². The van der Waals surface area contributed by atoms with Crippen molar-refractivity contribution in [1.82, 2.24) is 10.2 Å². The zero-order valence-electron chi connectivity index (χ0n) is 17.6. The molecule has 0 aliphatic heterocycles. The lowest BCUT2D eigenvalue weighted by Crippen LogP contribution is -2.52. The molecule has 1 amide bonds. The molecule has 1 N–H and O–H groups in total. The fourth-order valence-electron chi connectivity index (χ4n) is 4.26. The van der Waals surface area contributed by atoms with E-state index in [0.29, 0.717) is 10.8 Å². The van der Waals surface area contributed by atoms with Crippen LogP contribution in [0, 0.1) is 6.92 Å². The molecule has 0 saturated heterocycles. The van der Waals surface area contributed by atoms with Gasteiger partial charge in [0.2, 0.25) is 0 Å². The molecule has 0 atom stereocenters. The van der Waals surface area contributed by atoms with Crippen LogP contribution < -0.4 is 10.1 Å². The summed E-state index contributed by atoms with van der Waals surface area (Å²) in [6, 6.07) is 16.1. The summed E-state index contributed by atoms with van der Waals surface area (Å²) in [5.41, 5.74) is 2.83. The van der Waals surface area contributed by atoms with Crippen LogP contribution in [0.3, 0.4) is 0 Å². The molecule has 0 aromatic heterocycles. The second-order valence-corrected chi connectivity index (χ2v) is 8.81. The zero-order valence-corrected chi connectivity index (χ0v) is 18.3. The standard InChI is InChI=1S/C24H31ClN2O2/c1-18-6-4-7-19(14-18)16-24(27(2)3)12-10-21(11-13-24)26-23(28)17-29-22-9-5-8-20(25)15-22/h4-9,14-15,21H,10-13,16-17H2,1-3H3,(H,26,28). The number of rotatable bonds is 7. The first-order valence-electron chi connectivity index (χ1n) is 10.3. The van der Waals surface area contributed by atoms with Gasteiger partial charge in [-0.2, -0.15) is 0 Å². The van der Waals surface area contributed by atoms with Crippen molar-refractivity contribution in [2.75, 3.05) is 20.7 Å². The van der Waals surface area contributed by atoms with Gasteiger partial charge in [-0.25, -0.2) is 0 Å². The maximum Gasteiger partial charge on any atom is 0.258 e. The number of nitrogens with one attached hydrogen (secondary N) is 1. The van der Waals surface area contributed by atoms with Gasteiger partial charge in [-0.1, -0.05) is 47.5 Å². The molecule has 1 fully saturated rings. The van der Waals surface area contributed by atoms with Crippen LogP contribution in [0.15, 0.2) is 48.5 Å². The first kappa shape index (κ1) is 21.7. The molecular formula is C24H31ClN2O2. The summed E-state index contributed by atoms with van der Waals surface area (Å²) >= 11 is 5.95. The summed E-state index contributed by atoms with van der Waals surface area (Å²) in [6.45, 7) is 2.16. The SMILES string of the molecule is Cc1cccc(CC2(N(C)C)CCC(NC(=O)COc3cccc(Cl)c3)CC2)c1. The van der Waals surface area contributed by atoms with Gasteiger partial charge in [-0.15, -0.1) is 0 Å². The monoisotopic (exact) mass is 414 g/mol. The third kappa shape index (κ3) is 5.97. The maximum atomic E-state index is 12.3. The van der Waals surface area contributed by atoms with Crippen LogP contribution in [0.4, 0.5) is 0 Å². The molecule has 1 aliphatic carbocycles. The van der Waals surface area contributed by atoms with Crippen LogP contribution >= 0.6 is 11.6 Å². The molecule has 0 bridgehead atoms. The van der Waals surface area contributed by atoms with E-state index in [2.05, 4.69) is 55.5 Å². The fourth-order valence-corrected chi connectivity index (χ4v) is 4.44. The minimum Gasteiger partial charge on any atom is -0.484 e. The number of likely N-dealkylation sites (N-methyl/N-ethyl adjacent to an activating group) is 1. The minimum atomic E-state index is -0.0778. The molecule has 2 aromatic carbocycles. The van der Waals surface area contributed by atoms with E-state index < -0.39 is 0 Å². The molecule has 0 radical (unpaired) electrons. The van der Waals surface area contributed by atoms with Gasteiger partial charge in [0, 0.05) is 16.6 Å². The van der Waals surface area contributed by atoms with E-state index in [9.17, 15) is 4.79 Å². The summed E-state index contributed by atoms with van der Waals surface area (Å²) < 4.78 is 5.55. The summed E-state index contributed by atoms with van der Waals surface area (Å²) in [7, 11) is 4.35. The second-order valence-electron chi connectivity index (χ2n) is 8.37. The Morgan fingerprint density at radius 1 is 1.17 bits per heavy atom. The normalized spacial score (nSPS) is 21.8. The van der Waals surface area contributed by atoms with Crippen LogP contribution in [0.2, 0.25) is 5.02 Å². The second kappa shape index (κ2) is 9.64. The first-order valence-corrected chi connectivity index (χ1v) is 10.6. The number of carbonyl (C=O) groups is 1. The van der Waals surface area contributed by atoms with Crippen LogP contribution in [0.1, 0.15) is 36.8 Å². The van der Waals surface area contributed by atoms with E-state index >= 15 is 0 Å². The average molecular weight is 415 g/mol. The molecule has 3 rings (SSSR count). The largest absolute Gasteiger partial charge is 0.484 e. The number of nitrogens with zero attached hydrogens (tertiary/aromatic N) is 1. The molecule has 1 saturated carbocycles. The van der Waals surface area contributed by atoms with E-state index in [1.165, 1.54) is 11.1 Å². The number of carbonyl (C=O) groups excluding carboxylic acids is 1. The van der Waals surface area contributed by atoms with Gasteiger partial charge >= 0.3 is 0 Å². The molecule has 4 nitrogen and oxygen atoms in total. The third-order valence-electron chi connectivity index (χ3n) is 6.01. The van der Waals surface area contributed by atoms with Gasteiger partial charge in [0.1, 0.15) is 5.75 Å². The highest BCUT2D eigenvalue weighted by Crippen LogP contribution is 2.35. The highest BCUT2D eigenvalue weighted by atomic mass is 35.5. The number of aryl methyl sites for hydroxylation is 1. The van der Waals surface area contributed by atoms with Gasteiger partial charge in [0.05, 0.1) is 0 Å². The van der Waals surface area contributed by atoms with Crippen molar-refractivity contribution in [3.05, 3.63) is 64.7 Å². The van der Waals surface area contributed by atoms with Crippen molar-refractivity contribution < 1.29 is 9.53 Å². The number of halogens is 1. The number of hydrogen-bond donors (Lipinski definition) is 1. The summed E-state index contributed by atoms with van der Waals surface area (Å²) in [4.78, 5) is 14.7. The summed E-state index contributed by atoms with van der Waals surface area (Å²) in [5, 5.41) is 3.74. The zero-order chi connectivity index (χ0) is 20.9. The van der Waals surface area contributed by atoms with Gasteiger partial charge in [-0.3, -0.25) is 4.79 Å². The van der Waals surface area contributed by atoms with Crippen molar-refractivity contribution in [2.45, 2.75) is 50.6 Å². The Bertz CT molecular complexity index is 829. The average Bonchev–Trinajstić information content (AvgIpc) is 2.68. The van der Waals surface area contributed by atoms with Crippen molar-refractivity contribution in [1.29, 1.82) is 0 Å². The Morgan fingerprint density at radius 3 is 2.55 bits per heavy atom. The van der Waals surface area contributed by atoms with E-state index in [-0.39, 0.29) is 24.1 Å². The molecular weight excluding hydrogens is 384 g/mol. The van der Waals surface area contributed by atoms with E-state index in [1.807, 2.05) is 6.07 Å². The van der Waals surface area contributed by atoms with Crippen molar-refractivity contribution in [3.8, 4) is 5.75 Å². The van der Waals surface area contributed by atoms with Gasteiger partial charge in [-0.05, 0) is 76.9 Å². The smallest absolute Gasteiger partial charge is 0.258 e. The highest BCUT2D eigenvalue weighted by Gasteiger charge is 2.37. The van der Waals surface area contributed by atoms with E-state index in [1.54, 1.807) is 18.2 Å². The quantitative estimate of drug-likeness (QED) is 0.718. The van der Waals surface area contributed by atoms with Crippen LogP contribution in [-0.2, 0) is 11.2 Å². The van der Waals surface area contributed by atoms with Crippen molar-refractivity contribution >= 4 is 17.5 Å². The molecule has 1 aliphatic rings. The number of benzene rings is 2. The lowest BCUT2D eigenvalue weighted by Gasteiger charge is -2.45. The molecule has 29 heavy (non-hydrogen) atoms. The molecule has 2 aromatic rings. The Morgan fingerprint density at radius 2 is 1.90 bits per heavy atom. The lowest BCUT2D eigenvalue weighted by atomic mass is 9.74. The first-order chi connectivity index (χ1) is 13.9. The van der Waals surface area contributed by atoms with E-state index in [4.69, 9.17) is 16.3 Å². The Labute approximate surface area is 179 Å². The van der Waals surface area contributed by atoms with Crippen LogP contribution in [0.25, 0.3) is 0 Å². The summed E-state index contributed by atoms with van der Waals surface area (Å²) in [5.74, 6) is 0.534. The Balaban J connectivity index is 1.51. The highest BCUT2D eigenvalue weighted by molar-refractivity contribution is 6.30. The Kier molecular flexibility index (Phi) is 7.20. The van der Waals surface area contributed by atoms with Crippen molar-refractivity contribution in [2.24, 2.45) is 0 Å². The molecule has 0 heterocycles. The predicted molar refractivity (Wildman–Crippen MR) is 119 cm³/mol. The molecule has 0 spiro atoms. The molecule has 5 heteroatoms. The van der Waals surface area contributed by atoms with Gasteiger partial charge in [0.25, 0.3) is 5.91 Å². The third-order valence-corrected chi connectivity index (χ3v) is 6.25. The van der Waals surface area contributed by atoms with E-state index in [0.717, 1.165) is 32.1 Å². The molecule has 156 valence electrons. The molecule has 0 unspecified atom stereocenters. The topological polar surface area (TPSA) is 41.6 Å². The summed E-state index contributed by atoms with van der Waals surface area (Å²) in [6.07, 6.45) is 5.13. The van der Waals surface area contributed by atoms with Crippen molar-refractivity contribution in [3.63, 3.8) is 0 Å².